The quantitative estimate of drug-likeness (QED) is 0.259. The lowest BCUT2D eigenvalue weighted by Gasteiger charge is -2.46. The Morgan fingerprint density at radius 3 is 2.28 bits per heavy atom. The molecule has 0 aliphatic carbocycles. The van der Waals surface area contributed by atoms with Crippen LogP contribution in [0, 0.1) is 5.92 Å². The SMILES string of the molecule is C=CCOc1cc(Cl)c(Cl)cc1C(NSC(C)(C)C)C1CCN(C(=O)C2(F)CN(C(=O)OC(C)(C)C)C2)CC1. The van der Waals surface area contributed by atoms with Crippen molar-refractivity contribution in [3.8, 4) is 5.75 Å². The first kappa shape index (κ1) is 31.8. The van der Waals surface area contributed by atoms with E-state index in [0.29, 0.717) is 48.3 Å². The highest BCUT2D eigenvalue weighted by Gasteiger charge is 2.55. The van der Waals surface area contributed by atoms with Crippen molar-refractivity contribution in [2.75, 3.05) is 32.8 Å². The molecule has 3 rings (SSSR count). The summed E-state index contributed by atoms with van der Waals surface area (Å²) < 4.78 is 30.2. The highest BCUT2D eigenvalue weighted by molar-refractivity contribution is 7.98. The molecule has 7 nitrogen and oxygen atoms in total. The largest absolute Gasteiger partial charge is 0.489 e. The number of amides is 2. The van der Waals surface area contributed by atoms with Gasteiger partial charge in [-0.3, -0.25) is 9.52 Å². The van der Waals surface area contributed by atoms with Crippen LogP contribution >= 0.6 is 35.1 Å². The number of rotatable bonds is 8. The summed E-state index contributed by atoms with van der Waals surface area (Å²) in [4.78, 5) is 28.1. The summed E-state index contributed by atoms with van der Waals surface area (Å²) >= 11 is 14.3. The van der Waals surface area contributed by atoms with Crippen molar-refractivity contribution in [2.45, 2.75) is 76.4 Å². The molecule has 2 aliphatic heterocycles. The number of benzene rings is 1. The number of piperidine rings is 1. The van der Waals surface area contributed by atoms with Crippen LogP contribution in [0.4, 0.5) is 9.18 Å². The summed E-state index contributed by atoms with van der Waals surface area (Å²) in [5, 5.41) is 0.827. The van der Waals surface area contributed by atoms with E-state index in [2.05, 4.69) is 32.1 Å². The number of ether oxygens (including phenoxy) is 2. The molecule has 0 bridgehead atoms. The van der Waals surface area contributed by atoms with E-state index in [0.717, 1.165) is 5.56 Å². The molecule has 218 valence electrons. The molecule has 0 radical (unpaired) electrons. The Morgan fingerprint density at radius 2 is 1.74 bits per heavy atom. The zero-order valence-electron chi connectivity index (χ0n) is 23.6. The first-order valence-corrected chi connectivity index (χ1v) is 14.7. The second kappa shape index (κ2) is 12.5. The zero-order chi connectivity index (χ0) is 29.2. The predicted octanol–water partition coefficient (Wildman–Crippen LogP) is 6.83. The third-order valence-corrected chi connectivity index (χ3v) is 8.16. The van der Waals surface area contributed by atoms with E-state index in [4.69, 9.17) is 32.7 Å². The lowest BCUT2D eigenvalue weighted by Crippen LogP contribution is -2.68. The predicted molar refractivity (Wildman–Crippen MR) is 156 cm³/mol. The smallest absolute Gasteiger partial charge is 0.410 e. The van der Waals surface area contributed by atoms with Gasteiger partial charge in [0.1, 0.15) is 18.0 Å². The van der Waals surface area contributed by atoms with Crippen LogP contribution in [0.3, 0.4) is 0 Å². The van der Waals surface area contributed by atoms with E-state index in [1.165, 1.54) is 4.90 Å². The second-order valence-electron chi connectivity index (χ2n) is 12.1. The third-order valence-electron chi connectivity index (χ3n) is 6.45. The Labute approximate surface area is 245 Å². The molecule has 2 saturated heterocycles. The number of carbonyl (C=O) groups excluding carboxylic acids is 2. The second-order valence-corrected chi connectivity index (χ2v) is 14.6. The molecule has 1 N–H and O–H groups in total. The van der Waals surface area contributed by atoms with Crippen LogP contribution < -0.4 is 9.46 Å². The van der Waals surface area contributed by atoms with E-state index < -0.39 is 23.3 Å². The van der Waals surface area contributed by atoms with Crippen LogP contribution in [-0.2, 0) is 9.53 Å². The van der Waals surface area contributed by atoms with Crippen molar-refractivity contribution in [1.82, 2.24) is 14.5 Å². The minimum absolute atomic E-state index is 0.0574. The molecular formula is C28H40Cl2FN3O4S. The van der Waals surface area contributed by atoms with Gasteiger partial charge in [-0.25, -0.2) is 9.18 Å². The molecule has 2 aliphatic rings. The van der Waals surface area contributed by atoms with E-state index in [1.807, 2.05) is 6.07 Å². The van der Waals surface area contributed by atoms with Crippen LogP contribution in [0.25, 0.3) is 0 Å². The van der Waals surface area contributed by atoms with Crippen molar-refractivity contribution >= 4 is 47.2 Å². The maximum Gasteiger partial charge on any atom is 0.410 e. The molecule has 2 amide bonds. The zero-order valence-corrected chi connectivity index (χ0v) is 25.9. The molecule has 1 aromatic rings. The molecule has 0 saturated carbocycles. The molecule has 0 spiro atoms. The van der Waals surface area contributed by atoms with Gasteiger partial charge in [-0.1, -0.05) is 47.8 Å². The monoisotopic (exact) mass is 603 g/mol. The molecule has 2 heterocycles. The Kier molecular flexibility index (Phi) is 10.2. The minimum Gasteiger partial charge on any atom is -0.489 e. The lowest BCUT2D eigenvalue weighted by atomic mass is 9.84. The van der Waals surface area contributed by atoms with Crippen LogP contribution in [0.15, 0.2) is 24.8 Å². The number of alkyl halides is 1. The fourth-order valence-corrected chi connectivity index (χ4v) is 5.71. The minimum atomic E-state index is -2.08. The summed E-state index contributed by atoms with van der Waals surface area (Å²) in [6.45, 7) is 15.9. The summed E-state index contributed by atoms with van der Waals surface area (Å²) in [5.74, 6) is 0.176. The van der Waals surface area contributed by atoms with E-state index in [-0.39, 0.29) is 29.8 Å². The Hall–Kier alpha value is -1.68. The molecule has 1 atom stereocenters. The van der Waals surface area contributed by atoms with E-state index in [1.54, 1.807) is 49.8 Å². The third kappa shape index (κ3) is 8.41. The van der Waals surface area contributed by atoms with Gasteiger partial charge in [0, 0.05) is 35.5 Å². The Balaban J connectivity index is 1.71. The number of nitrogens with one attached hydrogen (secondary N) is 1. The van der Waals surface area contributed by atoms with Crippen LogP contribution in [0.2, 0.25) is 10.0 Å². The Bertz CT molecular complexity index is 1060. The van der Waals surface area contributed by atoms with Crippen LogP contribution in [0.5, 0.6) is 5.75 Å². The number of hydrogen-bond donors (Lipinski definition) is 1. The molecular weight excluding hydrogens is 564 g/mol. The molecule has 2 fully saturated rings. The van der Waals surface area contributed by atoms with Crippen LogP contribution in [-0.4, -0.2) is 70.6 Å². The molecule has 39 heavy (non-hydrogen) atoms. The first-order chi connectivity index (χ1) is 18.0. The molecule has 1 aromatic carbocycles. The van der Waals surface area contributed by atoms with Gasteiger partial charge in [-0.15, -0.1) is 0 Å². The number of carbonyl (C=O) groups is 2. The van der Waals surface area contributed by atoms with E-state index in [9.17, 15) is 9.59 Å². The molecule has 0 aromatic heterocycles. The first-order valence-electron chi connectivity index (χ1n) is 13.2. The van der Waals surface area contributed by atoms with Crippen molar-refractivity contribution < 1.29 is 23.5 Å². The standard InChI is InChI=1S/C28H40Cl2FN3O4S/c1-8-13-37-22-15-21(30)20(29)14-19(22)23(32-39-27(5,6)7)18-9-11-33(12-10-18)24(35)28(31)16-34(17-28)25(36)38-26(2,3)4/h8,14-15,18,23,32H,1,9-13,16-17H2,2-7H3. The van der Waals surface area contributed by atoms with Gasteiger partial charge in [-0.2, -0.15) is 0 Å². The van der Waals surface area contributed by atoms with Crippen molar-refractivity contribution in [1.29, 1.82) is 0 Å². The molecule has 11 heteroatoms. The highest BCUT2D eigenvalue weighted by atomic mass is 35.5. The Morgan fingerprint density at radius 1 is 1.15 bits per heavy atom. The fraction of sp³-hybridized carbons (Fsp3) is 0.643. The van der Waals surface area contributed by atoms with Gasteiger partial charge in [0.2, 0.25) is 5.67 Å². The molecule has 1 unspecified atom stereocenters. The summed E-state index contributed by atoms with van der Waals surface area (Å²) in [5.41, 5.74) is -1.89. The number of likely N-dealkylation sites (tertiary alicyclic amines) is 2. The fourth-order valence-electron chi connectivity index (χ4n) is 4.58. The topological polar surface area (TPSA) is 71.1 Å². The van der Waals surface area contributed by atoms with Gasteiger partial charge in [-0.05, 0) is 66.4 Å². The van der Waals surface area contributed by atoms with Gasteiger partial charge in [0.25, 0.3) is 5.91 Å². The normalized spacial score (nSPS) is 18.8. The van der Waals surface area contributed by atoms with E-state index >= 15 is 4.39 Å². The van der Waals surface area contributed by atoms with Gasteiger partial charge < -0.3 is 19.3 Å². The van der Waals surface area contributed by atoms with Gasteiger partial charge in [0.15, 0.2) is 0 Å². The van der Waals surface area contributed by atoms with Crippen molar-refractivity contribution in [2.24, 2.45) is 5.92 Å². The maximum absolute atomic E-state index is 15.4. The maximum atomic E-state index is 15.4. The van der Waals surface area contributed by atoms with Crippen molar-refractivity contribution in [3.63, 3.8) is 0 Å². The highest BCUT2D eigenvalue weighted by Crippen LogP contribution is 2.42. The van der Waals surface area contributed by atoms with Crippen LogP contribution in [0.1, 0.15) is 66.0 Å². The number of halogens is 3. The summed E-state index contributed by atoms with van der Waals surface area (Å²) in [6, 6.07) is 3.40. The number of hydrogen-bond acceptors (Lipinski definition) is 6. The number of nitrogens with zero attached hydrogens (tertiary/aromatic N) is 2. The lowest BCUT2D eigenvalue weighted by molar-refractivity contribution is -0.156. The summed E-state index contributed by atoms with van der Waals surface area (Å²) in [7, 11) is 0. The van der Waals surface area contributed by atoms with Gasteiger partial charge in [0.05, 0.1) is 23.1 Å². The average molecular weight is 605 g/mol. The van der Waals surface area contributed by atoms with Crippen molar-refractivity contribution in [3.05, 3.63) is 40.4 Å². The van der Waals surface area contributed by atoms with Gasteiger partial charge >= 0.3 is 6.09 Å². The summed E-state index contributed by atoms with van der Waals surface area (Å²) in [6.07, 6.45) is 2.37. The average Bonchev–Trinajstić information content (AvgIpc) is 2.81.